The van der Waals surface area contributed by atoms with E-state index in [0.29, 0.717) is 40.5 Å². The number of rotatable bonds is 6. The Morgan fingerprint density at radius 3 is 2.52 bits per heavy atom. The summed E-state index contributed by atoms with van der Waals surface area (Å²) in [5.41, 5.74) is 0.861. The van der Waals surface area contributed by atoms with Crippen LogP contribution in [0.4, 0.5) is 0 Å². The van der Waals surface area contributed by atoms with Crippen molar-refractivity contribution in [2.24, 2.45) is 0 Å². The average Bonchev–Trinajstić information content (AvgIpc) is 2.77. The number of hydrogen-bond donors (Lipinski definition) is 0. The zero-order valence-electron chi connectivity index (χ0n) is 13.2. The number of carbonyl (C=O) groups is 1. The molecule has 0 unspecified atom stereocenters. The lowest BCUT2D eigenvalue weighted by atomic mass is 10.2. The molecule has 7 heteroatoms. The summed E-state index contributed by atoms with van der Waals surface area (Å²) >= 11 is 10.1. The van der Waals surface area contributed by atoms with E-state index in [9.17, 15) is 4.79 Å². The van der Waals surface area contributed by atoms with Gasteiger partial charge in [-0.25, -0.2) is 0 Å². The lowest BCUT2D eigenvalue weighted by Gasteiger charge is -2.13. The summed E-state index contributed by atoms with van der Waals surface area (Å²) in [7, 11) is 0. The summed E-state index contributed by atoms with van der Waals surface area (Å²) in [6.07, 6.45) is 1.83. The first-order chi connectivity index (χ1) is 11.0. The molecule has 1 amide bonds. The van der Waals surface area contributed by atoms with Crippen LogP contribution in [0.15, 0.2) is 21.5 Å². The Labute approximate surface area is 154 Å². The Morgan fingerprint density at radius 1 is 1.26 bits per heavy atom. The van der Waals surface area contributed by atoms with E-state index in [4.69, 9.17) is 21.7 Å². The third-order valence-electron chi connectivity index (χ3n) is 3.11. The number of likely N-dealkylation sites (N-methyl/N-ethyl adjacent to an activating group) is 1. The highest BCUT2D eigenvalue weighted by molar-refractivity contribution is 9.10. The molecule has 23 heavy (non-hydrogen) atoms. The van der Waals surface area contributed by atoms with Crippen molar-refractivity contribution in [1.82, 2.24) is 4.90 Å². The first-order valence-corrected chi connectivity index (χ1v) is 9.38. The van der Waals surface area contributed by atoms with Gasteiger partial charge in [0.15, 0.2) is 11.5 Å². The Kier molecular flexibility index (Phi) is 6.50. The molecule has 0 N–H and O–H groups in total. The van der Waals surface area contributed by atoms with Crippen LogP contribution in [0.1, 0.15) is 26.3 Å². The van der Waals surface area contributed by atoms with E-state index in [2.05, 4.69) is 15.9 Å². The van der Waals surface area contributed by atoms with Gasteiger partial charge in [-0.05, 0) is 60.5 Å². The Hall–Kier alpha value is -1.05. The standard InChI is InChI=1S/C16H18BrNO3S2/c1-4-18-15(19)13(23-16(18)22)9-10-7-11(17)14(21-6-3)12(8-10)20-5-2/h7-9H,4-6H2,1-3H3/b13-9+. The SMILES string of the molecule is CCOc1cc(/C=C2/SC(=S)N(CC)C2=O)cc(Br)c1OCC. The first-order valence-electron chi connectivity index (χ1n) is 7.36. The topological polar surface area (TPSA) is 38.8 Å². The predicted octanol–water partition coefficient (Wildman–Crippen LogP) is 4.47. The molecular formula is C16H18BrNO3S2. The van der Waals surface area contributed by atoms with Gasteiger partial charge in [-0.3, -0.25) is 9.69 Å². The van der Waals surface area contributed by atoms with Crippen LogP contribution in [0.2, 0.25) is 0 Å². The molecule has 0 bridgehead atoms. The number of hydrogen-bond acceptors (Lipinski definition) is 5. The highest BCUT2D eigenvalue weighted by atomic mass is 79.9. The monoisotopic (exact) mass is 415 g/mol. The molecule has 0 spiro atoms. The Balaban J connectivity index is 2.39. The first kappa shape index (κ1) is 18.3. The van der Waals surface area contributed by atoms with Gasteiger partial charge in [0.25, 0.3) is 5.91 Å². The number of nitrogens with zero attached hydrogens (tertiary/aromatic N) is 1. The van der Waals surface area contributed by atoms with Crippen molar-refractivity contribution in [2.45, 2.75) is 20.8 Å². The van der Waals surface area contributed by atoms with Crippen molar-refractivity contribution in [2.75, 3.05) is 19.8 Å². The van der Waals surface area contributed by atoms with Crippen molar-refractivity contribution < 1.29 is 14.3 Å². The van der Waals surface area contributed by atoms with Gasteiger partial charge in [-0.1, -0.05) is 24.0 Å². The van der Waals surface area contributed by atoms with Crippen molar-refractivity contribution in [3.8, 4) is 11.5 Å². The number of halogens is 1. The second-order valence-corrected chi connectivity index (χ2v) is 7.15. The largest absolute Gasteiger partial charge is 0.490 e. The van der Waals surface area contributed by atoms with Crippen LogP contribution in [-0.4, -0.2) is 34.9 Å². The minimum atomic E-state index is -0.0505. The molecule has 0 aliphatic carbocycles. The number of amides is 1. The molecule has 0 saturated carbocycles. The van der Waals surface area contributed by atoms with Crippen LogP contribution in [0, 0.1) is 0 Å². The maximum Gasteiger partial charge on any atom is 0.266 e. The van der Waals surface area contributed by atoms with Gasteiger partial charge < -0.3 is 9.47 Å². The van der Waals surface area contributed by atoms with Crippen LogP contribution in [0.5, 0.6) is 11.5 Å². The second kappa shape index (κ2) is 8.17. The molecule has 0 aromatic heterocycles. The summed E-state index contributed by atoms with van der Waals surface area (Å²) < 4.78 is 12.7. The van der Waals surface area contributed by atoms with E-state index < -0.39 is 0 Å². The van der Waals surface area contributed by atoms with Crippen molar-refractivity contribution in [3.05, 3.63) is 27.1 Å². The molecule has 1 aliphatic heterocycles. The normalized spacial score (nSPS) is 16.3. The molecule has 0 radical (unpaired) electrons. The van der Waals surface area contributed by atoms with E-state index in [0.717, 1.165) is 10.0 Å². The summed E-state index contributed by atoms with van der Waals surface area (Å²) in [6.45, 7) is 7.42. The molecule has 0 atom stereocenters. The summed E-state index contributed by atoms with van der Waals surface area (Å²) in [4.78, 5) is 14.5. The van der Waals surface area contributed by atoms with Gasteiger partial charge in [-0.15, -0.1) is 0 Å². The molecule has 1 aromatic carbocycles. The average molecular weight is 416 g/mol. The number of carbonyl (C=O) groups excluding carboxylic acids is 1. The number of benzene rings is 1. The minimum absolute atomic E-state index is 0.0505. The van der Waals surface area contributed by atoms with Crippen molar-refractivity contribution in [1.29, 1.82) is 0 Å². The highest BCUT2D eigenvalue weighted by Crippen LogP contribution is 2.39. The number of thiocarbonyl (C=S) groups is 1. The fourth-order valence-corrected chi connectivity index (χ4v) is 4.10. The summed E-state index contributed by atoms with van der Waals surface area (Å²) in [6, 6.07) is 3.78. The van der Waals surface area contributed by atoms with E-state index in [-0.39, 0.29) is 5.91 Å². The van der Waals surface area contributed by atoms with Crippen LogP contribution in [-0.2, 0) is 4.79 Å². The Morgan fingerprint density at radius 2 is 1.96 bits per heavy atom. The molecule has 1 aromatic rings. The maximum atomic E-state index is 12.3. The van der Waals surface area contributed by atoms with E-state index >= 15 is 0 Å². The number of thioether (sulfide) groups is 1. The molecule has 2 rings (SSSR count). The molecule has 1 saturated heterocycles. The van der Waals surface area contributed by atoms with Gasteiger partial charge in [0, 0.05) is 6.54 Å². The van der Waals surface area contributed by atoms with Crippen molar-refractivity contribution >= 4 is 56.2 Å². The third kappa shape index (κ3) is 4.08. The van der Waals surface area contributed by atoms with Gasteiger partial charge in [0.05, 0.1) is 22.6 Å². The van der Waals surface area contributed by atoms with Crippen LogP contribution in [0.25, 0.3) is 6.08 Å². The van der Waals surface area contributed by atoms with E-state index in [1.54, 1.807) is 4.90 Å². The summed E-state index contributed by atoms with van der Waals surface area (Å²) in [5.74, 6) is 1.28. The lowest BCUT2D eigenvalue weighted by molar-refractivity contribution is -0.121. The molecule has 1 heterocycles. The van der Waals surface area contributed by atoms with Crippen LogP contribution < -0.4 is 9.47 Å². The fraction of sp³-hybridized carbons (Fsp3) is 0.375. The lowest BCUT2D eigenvalue weighted by Crippen LogP contribution is -2.27. The van der Waals surface area contributed by atoms with Gasteiger partial charge in [-0.2, -0.15) is 0 Å². The van der Waals surface area contributed by atoms with Gasteiger partial charge in [0.1, 0.15) is 4.32 Å². The smallest absolute Gasteiger partial charge is 0.266 e. The van der Waals surface area contributed by atoms with Crippen molar-refractivity contribution in [3.63, 3.8) is 0 Å². The maximum absolute atomic E-state index is 12.3. The van der Waals surface area contributed by atoms with E-state index in [1.807, 2.05) is 39.0 Å². The zero-order chi connectivity index (χ0) is 17.0. The third-order valence-corrected chi connectivity index (χ3v) is 5.07. The number of ether oxygens (including phenoxy) is 2. The fourth-order valence-electron chi connectivity index (χ4n) is 2.14. The van der Waals surface area contributed by atoms with Gasteiger partial charge in [0.2, 0.25) is 0 Å². The quantitative estimate of drug-likeness (QED) is 0.506. The molecule has 4 nitrogen and oxygen atoms in total. The second-order valence-electron chi connectivity index (χ2n) is 4.62. The summed E-state index contributed by atoms with van der Waals surface area (Å²) in [5, 5.41) is 0. The van der Waals surface area contributed by atoms with E-state index in [1.165, 1.54) is 11.8 Å². The van der Waals surface area contributed by atoms with Crippen LogP contribution >= 0.6 is 39.9 Å². The molecule has 124 valence electrons. The minimum Gasteiger partial charge on any atom is -0.490 e. The molecule has 1 fully saturated rings. The predicted molar refractivity (Wildman–Crippen MR) is 102 cm³/mol. The van der Waals surface area contributed by atoms with Crippen LogP contribution in [0.3, 0.4) is 0 Å². The zero-order valence-corrected chi connectivity index (χ0v) is 16.4. The highest BCUT2D eigenvalue weighted by Gasteiger charge is 2.30. The molecule has 1 aliphatic rings. The van der Waals surface area contributed by atoms with Gasteiger partial charge >= 0.3 is 0 Å². The Bertz CT molecular complexity index is 661. The molecular weight excluding hydrogens is 398 g/mol.